The maximum Gasteiger partial charge on any atom is 0.310 e. The zero-order valence-corrected chi connectivity index (χ0v) is 32.2. The molecule has 0 amide bonds. The van der Waals surface area contributed by atoms with Gasteiger partial charge in [-0.3, -0.25) is 20.2 Å². The second-order valence-electron chi connectivity index (χ2n) is 15.0. The molecule has 1 aliphatic rings. The summed E-state index contributed by atoms with van der Waals surface area (Å²) in [5, 5.41) is 63.9. The van der Waals surface area contributed by atoms with Gasteiger partial charge in [0.2, 0.25) is 0 Å². The minimum absolute atomic E-state index is 0.189. The van der Waals surface area contributed by atoms with Crippen molar-refractivity contribution in [3.63, 3.8) is 0 Å². The number of rotatable bonds is 8. The number of hydrogen-bond acceptors (Lipinski definition) is 10. The molecule has 0 atom stereocenters. The van der Waals surface area contributed by atoms with Crippen LogP contribution in [0.5, 0.6) is 34.5 Å². The number of aliphatic hydroxyl groups is 2. The van der Waals surface area contributed by atoms with Gasteiger partial charge in [-0.1, -0.05) is 60.1 Å². The van der Waals surface area contributed by atoms with Crippen LogP contribution < -0.4 is 9.47 Å². The smallest absolute Gasteiger partial charge is 0.310 e. The summed E-state index contributed by atoms with van der Waals surface area (Å²) in [5.41, 5.74) is 2.02. The summed E-state index contributed by atoms with van der Waals surface area (Å²) in [4.78, 5) is 21.1. The molecule has 0 aromatic heterocycles. The molecule has 59 heavy (non-hydrogen) atoms. The molecular formula is C47H36N2O10. The van der Waals surface area contributed by atoms with E-state index in [1.54, 1.807) is 52.0 Å². The van der Waals surface area contributed by atoms with Gasteiger partial charge in [0.25, 0.3) is 0 Å². The Bertz CT molecular complexity index is 2580. The maximum absolute atomic E-state index is 11.3. The zero-order valence-electron chi connectivity index (χ0n) is 32.2. The molecule has 294 valence electrons. The van der Waals surface area contributed by atoms with Gasteiger partial charge in [-0.15, -0.1) is 0 Å². The lowest BCUT2D eigenvalue weighted by atomic mass is 9.67. The molecule has 12 heteroatoms. The average Bonchev–Trinajstić information content (AvgIpc) is 3.46. The van der Waals surface area contributed by atoms with E-state index in [0.29, 0.717) is 22.6 Å². The number of aromatic hydroxyl groups is 2. The molecule has 7 rings (SSSR count). The minimum atomic E-state index is -1.25. The lowest BCUT2D eigenvalue weighted by Crippen LogP contribution is -2.28. The topological polar surface area (TPSA) is 186 Å². The van der Waals surface area contributed by atoms with Crippen molar-refractivity contribution in [2.24, 2.45) is 0 Å². The average molecular weight is 789 g/mol. The van der Waals surface area contributed by atoms with Crippen molar-refractivity contribution in [3.05, 3.63) is 175 Å². The van der Waals surface area contributed by atoms with Crippen LogP contribution in [-0.4, -0.2) is 41.5 Å². The van der Waals surface area contributed by atoms with Gasteiger partial charge >= 0.3 is 11.4 Å². The van der Waals surface area contributed by atoms with Crippen molar-refractivity contribution >= 4 is 11.4 Å². The van der Waals surface area contributed by atoms with Crippen molar-refractivity contribution in [1.29, 1.82) is 0 Å². The highest BCUT2D eigenvalue weighted by Gasteiger charge is 2.46. The van der Waals surface area contributed by atoms with E-state index >= 15 is 0 Å². The summed E-state index contributed by atoms with van der Waals surface area (Å²) in [6.07, 6.45) is 0. The Labute approximate surface area is 338 Å². The second kappa shape index (κ2) is 15.0. The Hall–Kier alpha value is -7.64. The molecule has 0 unspecified atom stereocenters. The van der Waals surface area contributed by atoms with Gasteiger partial charge in [-0.2, -0.15) is 0 Å². The lowest BCUT2D eigenvalue weighted by molar-refractivity contribution is -0.386. The fraction of sp³-hybridized carbons (Fsp3) is 0.149. The Kier molecular flexibility index (Phi) is 10.1. The molecule has 1 aliphatic carbocycles. The summed E-state index contributed by atoms with van der Waals surface area (Å²) >= 11 is 0. The Balaban J connectivity index is 1.42. The molecular weight excluding hydrogens is 753 g/mol. The summed E-state index contributed by atoms with van der Waals surface area (Å²) in [7, 11) is 0. The summed E-state index contributed by atoms with van der Waals surface area (Å²) in [6, 6.07) is 33.8. The normalized spacial score (nSPS) is 12.5. The summed E-state index contributed by atoms with van der Waals surface area (Å²) in [5.74, 6) is 12.1. The van der Waals surface area contributed by atoms with Crippen LogP contribution in [0, 0.1) is 43.9 Å². The van der Waals surface area contributed by atoms with Crippen LogP contribution in [0.3, 0.4) is 0 Å². The third-order valence-electron chi connectivity index (χ3n) is 9.50. The number of benzene rings is 6. The summed E-state index contributed by atoms with van der Waals surface area (Å²) in [6.45, 7) is 6.42. The van der Waals surface area contributed by atoms with Gasteiger partial charge in [0.1, 0.15) is 34.2 Å². The van der Waals surface area contributed by atoms with Crippen molar-refractivity contribution in [3.8, 4) is 69.3 Å². The van der Waals surface area contributed by atoms with Crippen molar-refractivity contribution in [2.45, 2.75) is 44.3 Å². The van der Waals surface area contributed by atoms with E-state index in [1.165, 1.54) is 24.3 Å². The first-order chi connectivity index (χ1) is 27.9. The van der Waals surface area contributed by atoms with Gasteiger partial charge in [-0.05, 0) is 122 Å². The first-order valence-electron chi connectivity index (χ1n) is 18.2. The van der Waals surface area contributed by atoms with E-state index in [1.807, 2.05) is 60.7 Å². The molecule has 6 aromatic carbocycles. The van der Waals surface area contributed by atoms with Crippen molar-refractivity contribution in [1.82, 2.24) is 0 Å². The first-order valence-corrected chi connectivity index (χ1v) is 18.2. The van der Waals surface area contributed by atoms with Crippen LogP contribution in [-0.2, 0) is 5.41 Å². The second-order valence-corrected chi connectivity index (χ2v) is 15.0. The number of nitro benzene ring substituents is 2. The Morgan fingerprint density at radius 1 is 0.525 bits per heavy atom. The van der Waals surface area contributed by atoms with Crippen molar-refractivity contribution < 1.29 is 39.7 Å². The highest BCUT2D eigenvalue weighted by Crippen LogP contribution is 2.57. The van der Waals surface area contributed by atoms with Gasteiger partial charge in [0, 0.05) is 35.4 Å². The molecule has 0 spiro atoms. The number of phenolic OH excluding ortho intramolecular Hbond substituents is 2. The van der Waals surface area contributed by atoms with E-state index < -0.39 is 49.3 Å². The highest BCUT2D eigenvalue weighted by molar-refractivity contribution is 5.87. The van der Waals surface area contributed by atoms with Gasteiger partial charge < -0.3 is 29.9 Å². The number of nitro groups is 2. The lowest BCUT2D eigenvalue weighted by Gasteiger charge is -2.34. The van der Waals surface area contributed by atoms with Crippen LogP contribution in [0.15, 0.2) is 121 Å². The van der Waals surface area contributed by atoms with Gasteiger partial charge in [0.15, 0.2) is 11.5 Å². The van der Waals surface area contributed by atoms with E-state index in [4.69, 9.17) is 9.47 Å². The van der Waals surface area contributed by atoms with Crippen molar-refractivity contribution in [2.75, 3.05) is 0 Å². The molecule has 0 bridgehead atoms. The fourth-order valence-electron chi connectivity index (χ4n) is 6.98. The summed E-state index contributed by atoms with van der Waals surface area (Å²) < 4.78 is 12.0. The number of phenols is 2. The number of hydrogen-bond donors (Lipinski definition) is 4. The number of fused-ring (bicyclic) bond motifs is 3. The Morgan fingerprint density at radius 3 is 1.20 bits per heavy atom. The number of nitrogens with zero attached hydrogens (tertiary/aromatic N) is 2. The number of ether oxygens (including phenoxy) is 2. The molecule has 0 heterocycles. The molecule has 6 aromatic rings. The molecule has 12 nitrogen and oxygen atoms in total. The van der Waals surface area contributed by atoms with E-state index in [2.05, 4.69) is 23.7 Å². The standard InChI is InChI=1S/C47H36N2O10/c1-45(2,52)23-21-29-5-17-37-38-18-6-30(22-24-46(3,4)53)26-40(38)47(39(37)25-29,31-7-11-33(12-8-31)58-35-15-19-41(48(54)55)43(50)27-35)32-9-13-34(14-10-32)59-36-16-20-42(49(56)57)44(51)28-36/h5-20,25-28,50-53H,1-4H3. The predicted octanol–water partition coefficient (Wildman–Crippen LogP) is 9.11. The van der Waals surface area contributed by atoms with Gasteiger partial charge in [-0.25, -0.2) is 0 Å². The van der Waals surface area contributed by atoms with Crippen LogP contribution in [0.4, 0.5) is 11.4 Å². The van der Waals surface area contributed by atoms with E-state index in [0.717, 1.165) is 45.5 Å². The molecule has 0 radical (unpaired) electrons. The Morgan fingerprint density at radius 2 is 0.881 bits per heavy atom. The predicted molar refractivity (Wildman–Crippen MR) is 220 cm³/mol. The van der Waals surface area contributed by atoms with Gasteiger partial charge in [0.05, 0.1) is 15.3 Å². The first kappa shape index (κ1) is 39.6. The van der Waals surface area contributed by atoms with E-state index in [-0.39, 0.29) is 11.5 Å². The molecule has 4 N–H and O–H groups in total. The molecule has 0 aliphatic heterocycles. The monoisotopic (exact) mass is 788 g/mol. The SMILES string of the molecule is CC(C)(O)C#Cc1ccc2c(c1)C(c1ccc(Oc3ccc([N+](=O)[O-])c(O)c3)cc1)(c1ccc(Oc3ccc([N+](=O)[O-])c(O)c3)cc1)c1cc(C#CC(C)(C)O)ccc1-2. The highest BCUT2D eigenvalue weighted by atomic mass is 16.6. The maximum atomic E-state index is 11.3. The van der Waals surface area contributed by atoms with Crippen LogP contribution in [0.25, 0.3) is 11.1 Å². The van der Waals surface area contributed by atoms with Crippen LogP contribution in [0.2, 0.25) is 0 Å². The zero-order chi connectivity index (χ0) is 42.3. The quantitative estimate of drug-likeness (QED) is 0.0658. The minimum Gasteiger partial charge on any atom is -0.502 e. The molecule has 0 saturated carbocycles. The largest absolute Gasteiger partial charge is 0.502 e. The molecule has 0 fully saturated rings. The van der Waals surface area contributed by atoms with Crippen LogP contribution in [0.1, 0.15) is 61.1 Å². The fourth-order valence-corrected chi connectivity index (χ4v) is 6.98. The molecule has 0 saturated heterocycles. The third-order valence-corrected chi connectivity index (χ3v) is 9.50. The van der Waals surface area contributed by atoms with E-state index in [9.17, 15) is 40.7 Å². The third kappa shape index (κ3) is 8.13. The van der Waals surface area contributed by atoms with Crippen LogP contribution >= 0.6 is 0 Å².